The average Bonchev–Trinajstić information content (AvgIpc) is 2.27. The van der Waals surface area contributed by atoms with Crippen molar-refractivity contribution in [3.63, 3.8) is 0 Å². The van der Waals surface area contributed by atoms with E-state index >= 15 is 0 Å². The van der Waals surface area contributed by atoms with Crippen LogP contribution in [0.25, 0.3) is 0 Å². The predicted octanol–water partition coefficient (Wildman–Crippen LogP) is 2.92. The molecule has 1 atom stereocenters. The molecule has 0 amide bonds. The molecule has 0 aliphatic heterocycles. The van der Waals surface area contributed by atoms with Crippen molar-refractivity contribution in [2.75, 3.05) is 7.05 Å². The van der Waals surface area contributed by atoms with E-state index in [0.29, 0.717) is 0 Å². The highest BCUT2D eigenvalue weighted by atomic mass is 19.1. The molecule has 1 aliphatic rings. The molecule has 1 fully saturated rings. The third kappa shape index (κ3) is 1.91. The summed E-state index contributed by atoms with van der Waals surface area (Å²) in [5.74, 6) is -0.943. The van der Waals surface area contributed by atoms with Gasteiger partial charge in [0.15, 0.2) is 0 Å². The van der Waals surface area contributed by atoms with E-state index in [4.69, 9.17) is 0 Å². The number of rotatable bonds is 3. The summed E-state index contributed by atoms with van der Waals surface area (Å²) in [5, 5.41) is 12.2. The van der Waals surface area contributed by atoms with Crippen LogP contribution >= 0.6 is 0 Å². The van der Waals surface area contributed by atoms with Crippen LogP contribution in [0.4, 0.5) is 8.78 Å². The second kappa shape index (κ2) is 4.42. The Morgan fingerprint density at radius 1 is 1.41 bits per heavy atom. The lowest BCUT2D eigenvalue weighted by atomic mass is 9.63. The Balaban J connectivity index is 2.42. The van der Waals surface area contributed by atoms with Gasteiger partial charge in [-0.15, -0.1) is 0 Å². The maximum atomic E-state index is 13.7. The highest BCUT2D eigenvalue weighted by Gasteiger charge is 2.45. The molecule has 1 aliphatic carbocycles. The second-order valence-corrected chi connectivity index (χ2v) is 4.51. The minimum Gasteiger partial charge on any atom is -0.312 e. The minimum atomic E-state index is -0.594. The second-order valence-electron chi connectivity index (χ2n) is 4.51. The van der Waals surface area contributed by atoms with Crippen molar-refractivity contribution in [3.05, 3.63) is 35.4 Å². The van der Waals surface area contributed by atoms with Gasteiger partial charge in [0.1, 0.15) is 11.6 Å². The number of halogens is 2. The Hall–Kier alpha value is -1.47. The Morgan fingerprint density at radius 2 is 2.12 bits per heavy atom. The molecule has 0 heterocycles. The van der Waals surface area contributed by atoms with Gasteiger partial charge in [-0.1, -0.05) is 6.42 Å². The average molecular weight is 236 g/mol. The number of hydrogen-bond donors (Lipinski definition) is 1. The zero-order chi connectivity index (χ0) is 12.5. The fraction of sp³-hybridized carbons (Fsp3) is 0.462. The Labute approximate surface area is 99.3 Å². The van der Waals surface area contributed by atoms with E-state index in [9.17, 15) is 14.0 Å². The Kier molecular flexibility index (Phi) is 3.12. The lowest BCUT2D eigenvalue weighted by molar-refractivity contribution is 0.146. The maximum absolute atomic E-state index is 13.7. The van der Waals surface area contributed by atoms with Crippen LogP contribution in [0.15, 0.2) is 18.2 Å². The standard InChI is InChI=1S/C13H14F2N2/c1-17-12(13(8-16)5-2-6-13)10-7-9(14)3-4-11(10)15/h3-4,7,12,17H,2,5-6H2,1H3. The normalized spacial score (nSPS) is 19.2. The van der Waals surface area contributed by atoms with Crippen LogP contribution in [0.1, 0.15) is 30.9 Å². The van der Waals surface area contributed by atoms with Crippen LogP contribution in [0.5, 0.6) is 0 Å². The monoisotopic (exact) mass is 236 g/mol. The summed E-state index contributed by atoms with van der Waals surface area (Å²) in [6.07, 6.45) is 2.42. The zero-order valence-electron chi connectivity index (χ0n) is 9.63. The molecule has 0 bridgehead atoms. The summed E-state index contributed by atoms with van der Waals surface area (Å²) >= 11 is 0. The molecule has 2 nitrogen and oxygen atoms in total. The molecule has 1 aromatic rings. The van der Waals surface area contributed by atoms with Gasteiger partial charge in [0.25, 0.3) is 0 Å². The van der Waals surface area contributed by atoms with Crippen LogP contribution in [0, 0.1) is 28.4 Å². The largest absolute Gasteiger partial charge is 0.312 e. The smallest absolute Gasteiger partial charge is 0.128 e. The summed E-state index contributed by atoms with van der Waals surface area (Å²) in [4.78, 5) is 0. The van der Waals surface area contributed by atoms with Crippen LogP contribution in [0.3, 0.4) is 0 Å². The summed E-state index contributed by atoms with van der Waals surface area (Å²) < 4.78 is 26.9. The summed E-state index contributed by atoms with van der Waals surface area (Å²) in [6.45, 7) is 0. The Morgan fingerprint density at radius 3 is 2.59 bits per heavy atom. The van der Waals surface area contributed by atoms with E-state index in [-0.39, 0.29) is 5.56 Å². The van der Waals surface area contributed by atoms with Crippen molar-refractivity contribution in [2.24, 2.45) is 5.41 Å². The van der Waals surface area contributed by atoms with Crippen LogP contribution in [-0.4, -0.2) is 7.05 Å². The van der Waals surface area contributed by atoms with Gasteiger partial charge in [-0.3, -0.25) is 0 Å². The molecule has 90 valence electrons. The molecule has 0 aromatic heterocycles. The number of hydrogen-bond acceptors (Lipinski definition) is 2. The number of benzene rings is 1. The quantitative estimate of drug-likeness (QED) is 0.875. The van der Waals surface area contributed by atoms with Gasteiger partial charge in [-0.05, 0) is 38.1 Å². The molecule has 0 radical (unpaired) electrons. The van der Waals surface area contributed by atoms with Gasteiger partial charge in [-0.2, -0.15) is 5.26 Å². The van der Waals surface area contributed by atoms with Gasteiger partial charge >= 0.3 is 0 Å². The molecule has 1 saturated carbocycles. The van der Waals surface area contributed by atoms with Crippen LogP contribution in [0.2, 0.25) is 0 Å². The summed E-state index contributed by atoms with van der Waals surface area (Å²) in [5.41, 5.74) is -0.350. The first-order valence-corrected chi connectivity index (χ1v) is 5.66. The first kappa shape index (κ1) is 12.0. The van der Waals surface area contributed by atoms with Crippen molar-refractivity contribution >= 4 is 0 Å². The van der Waals surface area contributed by atoms with Crippen molar-refractivity contribution in [3.8, 4) is 6.07 Å². The van der Waals surface area contributed by atoms with Gasteiger partial charge < -0.3 is 5.32 Å². The highest BCUT2D eigenvalue weighted by Crippen LogP contribution is 2.50. The minimum absolute atomic E-state index is 0.244. The Bertz CT molecular complexity index is 461. The molecular formula is C13H14F2N2. The third-order valence-corrected chi connectivity index (χ3v) is 3.58. The van der Waals surface area contributed by atoms with E-state index < -0.39 is 23.1 Å². The lowest BCUT2D eigenvalue weighted by Crippen LogP contribution is -2.41. The van der Waals surface area contributed by atoms with Gasteiger partial charge in [-0.25, -0.2) is 8.78 Å². The molecule has 0 saturated heterocycles. The van der Waals surface area contributed by atoms with E-state index in [1.165, 1.54) is 6.07 Å². The molecule has 1 aromatic carbocycles. The third-order valence-electron chi connectivity index (χ3n) is 3.58. The number of nitrogens with one attached hydrogen (secondary N) is 1. The first-order valence-electron chi connectivity index (χ1n) is 5.66. The molecule has 1 N–H and O–H groups in total. The van der Waals surface area contributed by atoms with Crippen molar-refractivity contribution < 1.29 is 8.78 Å². The maximum Gasteiger partial charge on any atom is 0.128 e. The summed E-state index contributed by atoms with van der Waals surface area (Å²) in [6, 6.07) is 5.19. The number of nitrogens with zero attached hydrogens (tertiary/aromatic N) is 1. The van der Waals surface area contributed by atoms with E-state index in [0.717, 1.165) is 31.4 Å². The van der Waals surface area contributed by atoms with Crippen molar-refractivity contribution in [1.82, 2.24) is 5.32 Å². The van der Waals surface area contributed by atoms with Gasteiger partial charge in [0.2, 0.25) is 0 Å². The van der Waals surface area contributed by atoms with Gasteiger partial charge in [0, 0.05) is 5.56 Å². The molecular weight excluding hydrogens is 222 g/mol. The molecule has 2 rings (SSSR count). The highest BCUT2D eigenvalue weighted by molar-refractivity contribution is 5.28. The van der Waals surface area contributed by atoms with E-state index in [1.807, 2.05) is 0 Å². The predicted molar refractivity (Wildman–Crippen MR) is 60.1 cm³/mol. The fourth-order valence-corrected chi connectivity index (χ4v) is 2.49. The SMILES string of the molecule is CNC(c1cc(F)ccc1F)C1(C#N)CCC1. The van der Waals surface area contributed by atoms with Crippen LogP contribution in [-0.2, 0) is 0 Å². The molecule has 17 heavy (non-hydrogen) atoms. The topological polar surface area (TPSA) is 35.8 Å². The van der Waals surface area contributed by atoms with Crippen LogP contribution < -0.4 is 5.32 Å². The zero-order valence-corrected chi connectivity index (χ0v) is 9.63. The summed E-state index contributed by atoms with van der Waals surface area (Å²) in [7, 11) is 1.67. The van der Waals surface area contributed by atoms with Crippen molar-refractivity contribution in [1.29, 1.82) is 5.26 Å². The van der Waals surface area contributed by atoms with E-state index in [1.54, 1.807) is 7.05 Å². The molecule has 1 unspecified atom stereocenters. The molecule has 0 spiro atoms. The first-order chi connectivity index (χ1) is 8.13. The van der Waals surface area contributed by atoms with E-state index in [2.05, 4.69) is 11.4 Å². The fourth-order valence-electron chi connectivity index (χ4n) is 2.49. The number of nitriles is 1. The lowest BCUT2D eigenvalue weighted by Gasteiger charge is -2.42. The van der Waals surface area contributed by atoms with Crippen molar-refractivity contribution in [2.45, 2.75) is 25.3 Å². The molecule has 4 heteroatoms. The van der Waals surface area contributed by atoms with Gasteiger partial charge in [0.05, 0.1) is 17.5 Å².